The van der Waals surface area contributed by atoms with Gasteiger partial charge in [0.15, 0.2) is 0 Å². The van der Waals surface area contributed by atoms with Gasteiger partial charge in [-0.3, -0.25) is 4.98 Å². The highest BCUT2D eigenvalue weighted by Crippen LogP contribution is 2.21. The summed E-state index contributed by atoms with van der Waals surface area (Å²) in [7, 11) is 0. The van der Waals surface area contributed by atoms with E-state index >= 15 is 0 Å². The highest BCUT2D eigenvalue weighted by atomic mass is 16.5. The maximum Gasteiger partial charge on any atom is 0.232 e. The molecule has 2 rings (SSSR count). The van der Waals surface area contributed by atoms with E-state index in [1.54, 1.807) is 12.4 Å². The molecule has 0 bridgehead atoms. The molecule has 1 saturated carbocycles. The highest BCUT2D eigenvalue weighted by Gasteiger charge is 2.15. The SMILES string of the molecule is CCCNCc1cncc(OC2CCCCC2)n1. The Labute approximate surface area is 109 Å². The number of nitrogens with zero attached hydrogens (tertiary/aromatic N) is 2. The number of hydrogen-bond acceptors (Lipinski definition) is 4. The van der Waals surface area contributed by atoms with E-state index in [-0.39, 0.29) is 0 Å². The van der Waals surface area contributed by atoms with Crippen molar-refractivity contribution in [1.82, 2.24) is 15.3 Å². The van der Waals surface area contributed by atoms with E-state index < -0.39 is 0 Å². The van der Waals surface area contributed by atoms with Crippen molar-refractivity contribution in [3.05, 3.63) is 18.1 Å². The Morgan fingerprint density at radius 2 is 2.11 bits per heavy atom. The van der Waals surface area contributed by atoms with Gasteiger partial charge in [0, 0.05) is 12.7 Å². The molecule has 0 atom stereocenters. The minimum absolute atomic E-state index is 0.340. The predicted molar refractivity (Wildman–Crippen MR) is 71.5 cm³/mol. The van der Waals surface area contributed by atoms with Crippen LogP contribution in [0.4, 0.5) is 0 Å². The zero-order valence-electron chi connectivity index (χ0n) is 11.2. The van der Waals surface area contributed by atoms with Gasteiger partial charge in [0.25, 0.3) is 0 Å². The standard InChI is InChI=1S/C14H23N3O/c1-2-8-15-9-12-10-16-11-14(17-12)18-13-6-4-3-5-7-13/h10-11,13,15H,2-9H2,1H3. The molecule has 0 spiro atoms. The number of rotatable bonds is 6. The monoisotopic (exact) mass is 249 g/mol. The van der Waals surface area contributed by atoms with Gasteiger partial charge in [0.05, 0.1) is 11.9 Å². The van der Waals surface area contributed by atoms with Crippen LogP contribution in [-0.4, -0.2) is 22.6 Å². The minimum Gasteiger partial charge on any atom is -0.473 e. The van der Waals surface area contributed by atoms with Crippen LogP contribution in [0.5, 0.6) is 5.88 Å². The Balaban J connectivity index is 1.85. The van der Waals surface area contributed by atoms with E-state index in [0.717, 1.165) is 38.0 Å². The lowest BCUT2D eigenvalue weighted by molar-refractivity contribution is 0.147. The van der Waals surface area contributed by atoms with E-state index in [2.05, 4.69) is 22.2 Å². The molecule has 0 aliphatic heterocycles. The van der Waals surface area contributed by atoms with Gasteiger partial charge in [-0.15, -0.1) is 0 Å². The molecule has 1 aromatic heterocycles. The van der Waals surface area contributed by atoms with Gasteiger partial charge in [-0.25, -0.2) is 4.98 Å². The molecule has 1 aromatic rings. The van der Waals surface area contributed by atoms with Gasteiger partial charge in [-0.2, -0.15) is 0 Å². The van der Waals surface area contributed by atoms with Crippen LogP contribution in [0.3, 0.4) is 0 Å². The molecular formula is C14H23N3O. The molecule has 1 aliphatic rings. The van der Waals surface area contributed by atoms with Gasteiger partial charge in [-0.1, -0.05) is 13.3 Å². The van der Waals surface area contributed by atoms with E-state index in [1.807, 2.05) is 0 Å². The van der Waals surface area contributed by atoms with Crippen LogP contribution in [0.25, 0.3) is 0 Å². The molecule has 0 aromatic carbocycles. The van der Waals surface area contributed by atoms with Crippen LogP contribution in [0.2, 0.25) is 0 Å². The molecule has 4 nitrogen and oxygen atoms in total. The molecule has 1 heterocycles. The largest absolute Gasteiger partial charge is 0.473 e. The molecule has 0 saturated heterocycles. The lowest BCUT2D eigenvalue weighted by Gasteiger charge is -2.22. The van der Waals surface area contributed by atoms with Crippen LogP contribution in [0.1, 0.15) is 51.1 Å². The number of ether oxygens (including phenoxy) is 1. The third kappa shape index (κ3) is 4.26. The molecular weight excluding hydrogens is 226 g/mol. The summed E-state index contributed by atoms with van der Waals surface area (Å²) in [5.74, 6) is 0.678. The molecule has 0 amide bonds. The zero-order valence-corrected chi connectivity index (χ0v) is 11.2. The number of nitrogens with one attached hydrogen (secondary N) is 1. The first-order chi connectivity index (χ1) is 8.88. The minimum atomic E-state index is 0.340. The summed E-state index contributed by atoms with van der Waals surface area (Å²) < 4.78 is 5.90. The van der Waals surface area contributed by atoms with Crippen LogP contribution in [-0.2, 0) is 6.54 Å². The lowest BCUT2D eigenvalue weighted by atomic mass is 9.98. The van der Waals surface area contributed by atoms with Crippen molar-refractivity contribution in [3.63, 3.8) is 0 Å². The Morgan fingerprint density at radius 3 is 2.89 bits per heavy atom. The smallest absolute Gasteiger partial charge is 0.232 e. The molecule has 0 radical (unpaired) electrons. The Kier molecular flexibility index (Phi) is 5.39. The first kappa shape index (κ1) is 13.3. The first-order valence-electron chi connectivity index (χ1n) is 7.07. The van der Waals surface area contributed by atoms with Crippen LogP contribution >= 0.6 is 0 Å². The van der Waals surface area contributed by atoms with Gasteiger partial charge in [0.1, 0.15) is 6.10 Å². The van der Waals surface area contributed by atoms with Crippen molar-refractivity contribution >= 4 is 0 Å². The Hall–Kier alpha value is -1.16. The van der Waals surface area contributed by atoms with E-state index in [4.69, 9.17) is 4.74 Å². The van der Waals surface area contributed by atoms with Crippen molar-refractivity contribution in [2.45, 2.75) is 58.1 Å². The van der Waals surface area contributed by atoms with Gasteiger partial charge >= 0.3 is 0 Å². The average Bonchev–Trinajstić information content (AvgIpc) is 2.41. The summed E-state index contributed by atoms with van der Waals surface area (Å²) in [6.45, 7) is 3.93. The van der Waals surface area contributed by atoms with E-state index in [0.29, 0.717) is 12.0 Å². The summed E-state index contributed by atoms with van der Waals surface area (Å²) in [4.78, 5) is 8.69. The van der Waals surface area contributed by atoms with Crippen LogP contribution in [0.15, 0.2) is 12.4 Å². The fourth-order valence-corrected chi connectivity index (χ4v) is 2.28. The van der Waals surface area contributed by atoms with Crippen molar-refractivity contribution in [1.29, 1.82) is 0 Å². The third-order valence-corrected chi connectivity index (χ3v) is 3.23. The Bertz CT molecular complexity index is 351. The van der Waals surface area contributed by atoms with Crippen LogP contribution < -0.4 is 10.1 Å². The second kappa shape index (κ2) is 7.31. The van der Waals surface area contributed by atoms with Gasteiger partial charge < -0.3 is 10.1 Å². The molecule has 0 unspecified atom stereocenters. The van der Waals surface area contributed by atoms with Gasteiger partial charge in [0.2, 0.25) is 5.88 Å². The van der Waals surface area contributed by atoms with Crippen molar-refractivity contribution in [3.8, 4) is 5.88 Å². The Morgan fingerprint density at radius 1 is 1.28 bits per heavy atom. The highest BCUT2D eigenvalue weighted by molar-refractivity contribution is 5.08. The molecule has 1 fully saturated rings. The first-order valence-corrected chi connectivity index (χ1v) is 7.07. The molecule has 4 heteroatoms. The summed E-state index contributed by atoms with van der Waals surface area (Å²) in [5, 5.41) is 3.32. The maximum absolute atomic E-state index is 5.90. The molecule has 1 aliphatic carbocycles. The molecule has 18 heavy (non-hydrogen) atoms. The normalized spacial score (nSPS) is 16.7. The quantitative estimate of drug-likeness (QED) is 0.787. The summed E-state index contributed by atoms with van der Waals surface area (Å²) in [6, 6.07) is 0. The number of hydrogen-bond donors (Lipinski definition) is 1. The zero-order chi connectivity index (χ0) is 12.6. The topological polar surface area (TPSA) is 47.0 Å². The van der Waals surface area contributed by atoms with Crippen molar-refractivity contribution < 1.29 is 4.74 Å². The summed E-state index contributed by atoms with van der Waals surface area (Å²) in [5.41, 5.74) is 0.955. The van der Waals surface area contributed by atoms with E-state index in [9.17, 15) is 0 Å². The lowest BCUT2D eigenvalue weighted by Crippen LogP contribution is -2.21. The molecule has 1 N–H and O–H groups in total. The fraction of sp³-hybridized carbons (Fsp3) is 0.714. The maximum atomic E-state index is 5.90. The van der Waals surface area contributed by atoms with Crippen molar-refractivity contribution in [2.24, 2.45) is 0 Å². The summed E-state index contributed by atoms with van der Waals surface area (Å²) in [6.07, 6.45) is 11.2. The third-order valence-electron chi connectivity index (χ3n) is 3.23. The van der Waals surface area contributed by atoms with Crippen LogP contribution in [0, 0.1) is 0 Å². The molecule has 100 valence electrons. The van der Waals surface area contributed by atoms with Crippen molar-refractivity contribution in [2.75, 3.05) is 6.54 Å². The van der Waals surface area contributed by atoms with E-state index in [1.165, 1.54) is 19.3 Å². The average molecular weight is 249 g/mol. The summed E-state index contributed by atoms with van der Waals surface area (Å²) >= 11 is 0. The number of aromatic nitrogens is 2. The second-order valence-corrected chi connectivity index (χ2v) is 4.90. The van der Waals surface area contributed by atoms with Gasteiger partial charge in [-0.05, 0) is 38.6 Å². The second-order valence-electron chi connectivity index (χ2n) is 4.90. The predicted octanol–water partition coefficient (Wildman–Crippen LogP) is 2.69. The fourth-order valence-electron chi connectivity index (χ4n) is 2.28.